The first kappa shape index (κ1) is 21.4. The Kier molecular flexibility index (Phi) is 7.00. The molecule has 1 amide bonds. The van der Waals surface area contributed by atoms with E-state index < -0.39 is 28.0 Å². The van der Waals surface area contributed by atoms with Crippen molar-refractivity contribution in [1.29, 1.82) is 0 Å². The molecule has 0 spiro atoms. The number of carbonyl (C=O) groups is 2. The van der Waals surface area contributed by atoms with E-state index in [2.05, 4.69) is 5.32 Å². The van der Waals surface area contributed by atoms with Crippen LogP contribution in [0.4, 0.5) is 0 Å². The molecular weight excluding hydrogens is 368 g/mol. The molecule has 2 atom stereocenters. The molecule has 1 heterocycles. The van der Waals surface area contributed by atoms with Crippen LogP contribution in [0.25, 0.3) is 0 Å². The van der Waals surface area contributed by atoms with E-state index in [1.807, 2.05) is 20.8 Å². The van der Waals surface area contributed by atoms with Crippen LogP contribution in [0.15, 0.2) is 29.2 Å². The van der Waals surface area contributed by atoms with Gasteiger partial charge in [-0.05, 0) is 58.7 Å². The lowest BCUT2D eigenvalue weighted by atomic mass is 10.1. The Morgan fingerprint density at radius 2 is 1.93 bits per heavy atom. The Hall–Kier alpha value is -1.93. The summed E-state index contributed by atoms with van der Waals surface area (Å²) in [5.41, 5.74) is 0.102. The van der Waals surface area contributed by atoms with Gasteiger partial charge in [0.15, 0.2) is 6.10 Å². The van der Waals surface area contributed by atoms with Crippen molar-refractivity contribution in [1.82, 2.24) is 9.62 Å². The number of rotatable bonds is 6. The second-order valence-corrected chi connectivity index (χ2v) is 9.09. The monoisotopic (exact) mass is 396 g/mol. The van der Waals surface area contributed by atoms with E-state index in [1.54, 1.807) is 0 Å². The molecule has 7 nitrogen and oxygen atoms in total. The van der Waals surface area contributed by atoms with Crippen LogP contribution in [0.5, 0.6) is 0 Å². The van der Waals surface area contributed by atoms with E-state index in [0.717, 1.165) is 19.3 Å². The van der Waals surface area contributed by atoms with Crippen molar-refractivity contribution >= 4 is 21.9 Å². The highest BCUT2D eigenvalue weighted by Crippen LogP contribution is 2.25. The first-order valence-corrected chi connectivity index (χ1v) is 10.7. The molecule has 27 heavy (non-hydrogen) atoms. The van der Waals surface area contributed by atoms with Crippen molar-refractivity contribution in [3.05, 3.63) is 29.8 Å². The Labute approximate surface area is 161 Å². The molecular formula is C19H28N2O5S. The minimum absolute atomic E-state index is 0.0602. The summed E-state index contributed by atoms with van der Waals surface area (Å²) in [5, 5.41) is 2.66. The van der Waals surface area contributed by atoms with Gasteiger partial charge < -0.3 is 10.1 Å². The number of hydrogen-bond acceptors (Lipinski definition) is 5. The summed E-state index contributed by atoms with van der Waals surface area (Å²) in [7, 11) is -3.68. The number of piperidine rings is 1. The summed E-state index contributed by atoms with van der Waals surface area (Å²) in [6, 6.07) is 5.64. The number of nitrogens with one attached hydrogen (secondary N) is 1. The van der Waals surface area contributed by atoms with E-state index >= 15 is 0 Å². The molecule has 0 unspecified atom stereocenters. The Balaban J connectivity index is 2.16. The third-order valence-corrected chi connectivity index (χ3v) is 6.51. The van der Waals surface area contributed by atoms with Gasteiger partial charge in [-0.25, -0.2) is 13.2 Å². The number of benzene rings is 1. The molecule has 1 saturated heterocycles. The highest BCUT2D eigenvalue weighted by molar-refractivity contribution is 7.89. The summed E-state index contributed by atoms with van der Waals surface area (Å²) >= 11 is 0. The summed E-state index contributed by atoms with van der Waals surface area (Å²) in [6.45, 7) is 7.46. The fraction of sp³-hybridized carbons (Fsp3) is 0.579. The first-order chi connectivity index (χ1) is 12.6. The lowest BCUT2D eigenvalue weighted by molar-refractivity contribution is -0.129. The predicted octanol–water partition coefficient (Wildman–Crippen LogP) is 2.32. The van der Waals surface area contributed by atoms with Gasteiger partial charge in [0.2, 0.25) is 10.0 Å². The molecule has 150 valence electrons. The third-order valence-electron chi connectivity index (χ3n) is 4.50. The smallest absolute Gasteiger partial charge is 0.338 e. The molecule has 1 aromatic carbocycles. The quantitative estimate of drug-likeness (QED) is 0.745. The average Bonchev–Trinajstić information content (AvgIpc) is 2.61. The predicted molar refractivity (Wildman–Crippen MR) is 102 cm³/mol. The maximum atomic E-state index is 12.9. The number of esters is 1. The largest absolute Gasteiger partial charge is 0.449 e. The summed E-state index contributed by atoms with van der Waals surface area (Å²) in [6.07, 6.45) is 1.69. The molecule has 0 saturated carbocycles. The summed E-state index contributed by atoms with van der Waals surface area (Å²) < 4.78 is 32.5. The zero-order valence-corrected chi connectivity index (χ0v) is 17.1. The van der Waals surface area contributed by atoms with E-state index in [9.17, 15) is 18.0 Å². The van der Waals surface area contributed by atoms with Crippen molar-refractivity contribution < 1.29 is 22.7 Å². The summed E-state index contributed by atoms with van der Waals surface area (Å²) in [4.78, 5) is 24.3. The van der Waals surface area contributed by atoms with Gasteiger partial charge in [-0.3, -0.25) is 4.79 Å². The SMILES string of the molecule is CC(C)NC(=O)[C@H](C)OC(=O)c1cccc(S(=O)(=O)N2CCCC[C@H]2C)c1. The highest BCUT2D eigenvalue weighted by Gasteiger charge is 2.31. The maximum Gasteiger partial charge on any atom is 0.338 e. The molecule has 0 bridgehead atoms. The molecule has 1 N–H and O–H groups in total. The van der Waals surface area contributed by atoms with E-state index in [4.69, 9.17) is 4.74 Å². The fourth-order valence-corrected chi connectivity index (χ4v) is 4.78. The van der Waals surface area contributed by atoms with Crippen LogP contribution in [-0.2, 0) is 19.6 Å². The van der Waals surface area contributed by atoms with Gasteiger partial charge >= 0.3 is 5.97 Å². The molecule has 0 aromatic heterocycles. The van der Waals surface area contributed by atoms with Crippen molar-refractivity contribution in [3.63, 3.8) is 0 Å². The van der Waals surface area contributed by atoms with Gasteiger partial charge in [0, 0.05) is 18.6 Å². The molecule has 8 heteroatoms. The van der Waals surface area contributed by atoms with E-state index in [1.165, 1.54) is 35.5 Å². The lowest BCUT2D eigenvalue weighted by Gasteiger charge is -2.32. The Morgan fingerprint density at radius 3 is 2.56 bits per heavy atom. The van der Waals surface area contributed by atoms with Crippen molar-refractivity contribution in [2.24, 2.45) is 0 Å². The van der Waals surface area contributed by atoms with Crippen LogP contribution in [0.2, 0.25) is 0 Å². The summed E-state index contributed by atoms with van der Waals surface area (Å²) in [5.74, 6) is -1.13. The number of ether oxygens (including phenoxy) is 1. The van der Waals surface area contributed by atoms with Crippen LogP contribution in [0, 0.1) is 0 Å². The molecule has 1 aliphatic heterocycles. The Morgan fingerprint density at radius 1 is 1.22 bits per heavy atom. The minimum Gasteiger partial charge on any atom is -0.449 e. The second-order valence-electron chi connectivity index (χ2n) is 7.20. The van der Waals surface area contributed by atoms with Crippen LogP contribution in [-0.4, -0.2) is 49.3 Å². The molecule has 0 aliphatic carbocycles. The first-order valence-electron chi connectivity index (χ1n) is 9.26. The van der Waals surface area contributed by atoms with Crippen molar-refractivity contribution in [2.75, 3.05) is 6.54 Å². The average molecular weight is 397 g/mol. The Bertz CT molecular complexity index is 791. The fourth-order valence-electron chi connectivity index (χ4n) is 3.03. The van der Waals surface area contributed by atoms with Gasteiger partial charge in [-0.2, -0.15) is 4.31 Å². The standard InChI is InChI=1S/C19H28N2O5S/c1-13(2)20-18(22)15(4)26-19(23)16-9-7-10-17(12-16)27(24,25)21-11-6-5-8-14(21)3/h7,9-10,12-15H,5-6,8,11H2,1-4H3,(H,20,22)/t14-,15+/m1/s1. The molecule has 1 aromatic rings. The van der Waals surface area contributed by atoms with E-state index in [-0.39, 0.29) is 22.5 Å². The topological polar surface area (TPSA) is 92.8 Å². The number of amides is 1. The number of sulfonamides is 1. The van der Waals surface area contributed by atoms with Crippen LogP contribution < -0.4 is 5.32 Å². The molecule has 1 fully saturated rings. The van der Waals surface area contributed by atoms with Gasteiger partial charge in [0.05, 0.1) is 10.5 Å². The van der Waals surface area contributed by atoms with Gasteiger partial charge in [-0.1, -0.05) is 12.5 Å². The minimum atomic E-state index is -3.68. The maximum absolute atomic E-state index is 12.9. The van der Waals surface area contributed by atoms with Gasteiger partial charge in [-0.15, -0.1) is 0 Å². The molecule has 0 radical (unpaired) electrons. The van der Waals surface area contributed by atoms with Crippen LogP contribution >= 0.6 is 0 Å². The number of nitrogens with zero attached hydrogens (tertiary/aromatic N) is 1. The molecule has 2 rings (SSSR count). The number of hydrogen-bond donors (Lipinski definition) is 1. The second kappa shape index (κ2) is 8.84. The number of carbonyl (C=O) groups excluding carboxylic acids is 2. The van der Waals surface area contributed by atoms with Crippen LogP contribution in [0.3, 0.4) is 0 Å². The van der Waals surface area contributed by atoms with Gasteiger partial charge in [0.1, 0.15) is 0 Å². The zero-order chi connectivity index (χ0) is 20.2. The lowest BCUT2D eigenvalue weighted by Crippen LogP contribution is -2.42. The normalized spacial score (nSPS) is 19.5. The van der Waals surface area contributed by atoms with Crippen LogP contribution in [0.1, 0.15) is 57.3 Å². The van der Waals surface area contributed by atoms with E-state index in [0.29, 0.717) is 6.54 Å². The zero-order valence-electron chi connectivity index (χ0n) is 16.3. The van der Waals surface area contributed by atoms with Crippen molar-refractivity contribution in [3.8, 4) is 0 Å². The van der Waals surface area contributed by atoms with Crippen molar-refractivity contribution in [2.45, 2.75) is 70.0 Å². The highest BCUT2D eigenvalue weighted by atomic mass is 32.2. The van der Waals surface area contributed by atoms with Gasteiger partial charge in [0.25, 0.3) is 5.91 Å². The third kappa shape index (κ3) is 5.29. The molecule has 1 aliphatic rings.